The number of hydrogen-bond donors (Lipinski definition) is 2. The van der Waals surface area contributed by atoms with E-state index in [2.05, 4.69) is 38.7 Å². The molecule has 0 heterocycles. The topological polar surface area (TPSA) is 12.0 Å². The Bertz CT molecular complexity index is 139. The van der Waals surface area contributed by atoms with Crippen molar-refractivity contribution in [1.82, 2.24) is 5.32 Å². The van der Waals surface area contributed by atoms with Gasteiger partial charge in [-0.25, -0.2) is 0 Å². The average molecular weight is 187 g/mol. The Morgan fingerprint density at radius 1 is 1.17 bits per heavy atom. The summed E-state index contributed by atoms with van der Waals surface area (Å²) in [6.07, 6.45) is 5.30. The molecule has 1 rings (SSSR count). The summed E-state index contributed by atoms with van der Waals surface area (Å²) in [5.74, 6) is 0. The first-order valence-corrected chi connectivity index (χ1v) is 5.46. The lowest BCUT2D eigenvalue weighted by atomic mass is 9.92. The van der Waals surface area contributed by atoms with Gasteiger partial charge < -0.3 is 5.32 Å². The summed E-state index contributed by atoms with van der Waals surface area (Å²) >= 11 is 4.61. The van der Waals surface area contributed by atoms with E-state index in [1.54, 1.807) is 0 Å². The predicted molar refractivity (Wildman–Crippen MR) is 57.9 cm³/mol. The van der Waals surface area contributed by atoms with Crippen LogP contribution in [-0.2, 0) is 0 Å². The Hall–Kier alpha value is 0.310. The molecule has 0 saturated heterocycles. The molecule has 1 N–H and O–H groups in total. The highest BCUT2D eigenvalue weighted by Gasteiger charge is 2.25. The maximum Gasteiger partial charge on any atom is 0.0188 e. The van der Waals surface area contributed by atoms with Crippen molar-refractivity contribution in [2.75, 3.05) is 0 Å². The molecule has 0 radical (unpaired) electrons. The zero-order valence-corrected chi connectivity index (χ0v) is 9.32. The lowest BCUT2D eigenvalue weighted by Crippen LogP contribution is -2.49. The van der Waals surface area contributed by atoms with Gasteiger partial charge in [0.1, 0.15) is 0 Å². The summed E-state index contributed by atoms with van der Waals surface area (Å²) in [6, 6.07) is 0.627. The van der Waals surface area contributed by atoms with Crippen molar-refractivity contribution in [1.29, 1.82) is 0 Å². The number of nitrogens with one attached hydrogen (secondary N) is 1. The summed E-state index contributed by atoms with van der Waals surface area (Å²) in [7, 11) is 0. The van der Waals surface area contributed by atoms with Gasteiger partial charge in [0.05, 0.1) is 0 Å². The first kappa shape index (κ1) is 10.4. The average Bonchev–Trinajstić information content (AvgIpc) is 1.91. The Morgan fingerprint density at radius 2 is 1.75 bits per heavy atom. The molecule has 1 saturated carbocycles. The molecule has 12 heavy (non-hydrogen) atoms. The zero-order chi connectivity index (χ0) is 9.19. The maximum atomic E-state index is 4.61. The SMILES string of the molecule is CC(C)(C)NC1CCCCC1S. The van der Waals surface area contributed by atoms with Crippen LogP contribution in [0.1, 0.15) is 46.5 Å². The van der Waals surface area contributed by atoms with Gasteiger partial charge in [0.25, 0.3) is 0 Å². The molecule has 0 bridgehead atoms. The van der Waals surface area contributed by atoms with E-state index >= 15 is 0 Å². The van der Waals surface area contributed by atoms with Gasteiger partial charge in [0.2, 0.25) is 0 Å². The lowest BCUT2D eigenvalue weighted by molar-refractivity contribution is 0.303. The van der Waals surface area contributed by atoms with Crippen LogP contribution in [0.3, 0.4) is 0 Å². The molecule has 0 aromatic heterocycles. The molecule has 0 aromatic rings. The number of rotatable bonds is 1. The quantitative estimate of drug-likeness (QED) is 0.601. The summed E-state index contributed by atoms with van der Waals surface area (Å²) < 4.78 is 0. The van der Waals surface area contributed by atoms with Crippen LogP contribution in [0.5, 0.6) is 0 Å². The summed E-state index contributed by atoms with van der Waals surface area (Å²) in [6.45, 7) is 6.67. The molecule has 1 aliphatic rings. The molecule has 72 valence electrons. The van der Waals surface area contributed by atoms with Crippen LogP contribution >= 0.6 is 12.6 Å². The largest absolute Gasteiger partial charge is 0.308 e. The summed E-state index contributed by atoms with van der Waals surface area (Å²) in [5.41, 5.74) is 0.239. The third kappa shape index (κ3) is 3.36. The van der Waals surface area contributed by atoms with E-state index < -0.39 is 0 Å². The van der Waals surface area contributed by atoms with Gasteiger partial charge in [-0.15, -0.1) is 0 Å². The first-order chi connectivity index (χ1) is 5.49. The van der Waals surface area contributed by atoms with Crippen LogP contribution in [0, 0.1) is 0 Å². The highest BCUT2D eigenvalue weighted by Crippen LogP contribution is 2.24. The van der Waals surface area contributed by atoms with E-state index in [1.807, 2.05) is 0 Å². The van der Waals surface area contributed by atoms with E-state index in [9.17, 15) is 0 Å². The van der Waals surface area contributed by atoms with Crippen molar-refractivity contribution in [2.24, 2.45) is 0 Å². The molecule has 0 amide bonds. The summed E-state index contributed by atoms with van der Waals surface area (Å²) in [5, 5.41) is 4.20. The molecule has 1 nitrogen and oxygen atoms in total. The van der Waals surface area contributed by atoms with E-state index in [0.717, 1.165) is 0 Å². The molecule has 1 fully saturated rings. The first-order valence-electron chi connectivity index (χ1n) is 4.95. The molecule has 0 aliphatic heterocycles. The molecule has 0 spiro atoms. The smallest absolute Gasteiger partial charge is 0.0188 e. The van der Waals surface area contributed by atoms with Gasteiger partial charge in [0.15, 0.2) is 0 Å². The fraction of sp³-hybridized carbons (Fsp3) is 1.00. The van der Waals surface area contributed by atoms with Gasteiger partial charge in [-0.1, -0.05) is 12.8 Å². The molecular weight excluding hydrogens is 166 g/mol. The second-order valence-electron chi connectivity index (χ2n) is 4.85. The summed E-state index contributed by atoms with van der Waals surface area (Å²) in [4.78, 5) is 0. The van der Waals surface area contributed by atoms with Gasteiger partial charge in [-0.05, 0) is 33.6 Å². The molecule has 0 aromatic carbocycles. The van der Waals surface area contributed by atoms with Crippen LogP contribution in [0.4, 0.5) is 0 Å². The van der Waals surface area contributed by atoms with Crippen LogP contribution in [0.2, 0.25) is 0 Å². The highest BCUT2D eigenvalue weighted by atomic mass is 32.1. The third-order valence-corrected chi connectivity index (χ3v) is 2.97. The van der Waals surface area contributed by atoms with E-state index in [0.29, 0.717) is 11.3 Å². The zero-order valence-electron chi connectivity index (χ0n) is 8.43. The Labute approximate surface area is 81.7 Å². The van der Waals surface area contributed by atoms with Crippen molar-refractivity contribution in [3.63, 3.8) is 0 Å². The minimum atomic E-state index is 0.239. The minimum absolute atomic E-state index is 0.239. The third-order valence-electron chi connectivity index (χ3n) is 2.35. The van der Waals surface area contributed by atoms with Crippen molar-refractivity contribution in [2.45, 2.75) is 63.3 Å². The van der Waals surface area contributed by atoms with Gasteiger partial charge >= 0.3 is 0 Å². The van der Waals surface area contributed by atoms with Crippen molar-refractivity contribution in [3.8, 4) is 0 Å². The fourth-order valence-electron chi connectivity index (χ4n) is 1.84. The molecule has 2 unspecified atom stereocenters. The Kier molecular flexibility index (Phi) is 3.47. The second-order valence-corrected chi connectivity index (χ2v) is 5.52. The van der Waals surface area contributed by atoms with E-state index in [1.165, 1.54) is 25.7 Å². The Morgan fingerprint density at radius 3 is 2.25 bits per heavy atom. The van der Waals surface area contributed by atoms with Crippen molar-refractivity contribution < 1.29 is 0 Å². The monoisotopic (exact) mass is 187 g/mol. The molecule has 2 heteroatoms. The molecular formula is C10H21NS. The van der Waals surface area contributed by atoms with Crippen LogP contribution in [0.25, 0.3) is 0 Å². The van der Waals surface area contributed by atoms with Crippen molar-refractivity contribution >= 4 is 12.6 Å². The number of thiol groups is 1. The van der Waals surface area contributed by atoms with Gasteiger partial charge in [-0.3, -0.25) is 0 Å². The fourth-order valence-corrected chi connectivity index (χ4v) is 2.24. The lowest BCUT2D eigenvalue weighted by Gasteiger charge is -2.35. The predicted octanol–water partition coefficient (Wildman–Crippen LogP) is 2.62. The number of hydrogen-bond acceptors (Lipinski definition) is 2. The molecule has 1 aliphatic carbocycles. The van der Waals surface area contributed by atoms with Gasteiger partial charge in [0, 0.05) is 16.8 Å². The maximum absolute atomic E-state index is 4.61. The van der Waals surface area contributed by atoms with Crippen LogP contribution in [-0.4, -0.2) is 16.8 Å². The van der Waals surface area contributed by atoms with Gasteiger partial charge in [-0.2, -0.15) is 12.6 Å². The Balaban J connectivity index is 2.39. The van der Waals surface area contributed by atoms with Crippen molar-refractivity contribution in [3.05, 3.63) is 0 Å². The second kappa shape index (κ2) is 4.01. The molecule has 2 atom stereocenters. The minimum Gasteiger partial charge on any atom is -0.308 e. The van der Waals surface area contributed by atoms with E-state index in [-0.39, 0.29) is 5.54 Å². The standard InChI is InChI=1S/C10H21NS/c1-10(2,3)11-8-6-4-5-7-9(8)12/h8-9,11-12H,4-7H2,1-3H3. The van der Waals surface area contributed by atoms with Crippen LogP contribution < -0.4 is 5.32 Å². The normalized spacial score (nSPS) is 32.0. The van der Waals surface area contributed by atoms with E-state index in [4.69, 9.17) is 0 Å². The van der Waals surface area contributed by atoms with Crippen LogP contribution in [0.15, 0.2) is 0 Å². The highest BCUT2D eigenvalue weighted by molar-refractivity contribution is 7.81.